The van der Waals surface area contributed by atoms with Gasteiger partial charge in [-0.1, -0.05) is 287 Å². The van der Waals surface area contributed by atoms with Crippen molar-refractivity contribution in [1.29, 1.82) is 0 Å². The summed E-state index contributed by atoms with van der Waals surface area (Å²) in [6, 6.07) is -0.710. The van der Waals surface area contributed by atoms with Crippen LogP contribution in [-0.2, 0) is 14.3 Å². The van der Waals surface area contributed by atoms with Crippen LogP contribution < -0.4 is 5.32 Å². The van der Waals surface area contributed by atoms with Gasteiger partial charge in [-0.25, -0.2) is 0 Å². The highest BCUT2D eigenvalue weighted by atomic mass is 16.5. The molecule has 3 N–H and O–H groups in total. The Morgan fingerprint density at radius 2 is 0.771 bits per heavy atom. The first kappa shape index (κ1) is 67.6. The number of nitrogens with one attached hydrogen (secondary N) is 1. The molecule has 0 aliphatic rings. The molecule has 1 amide bonds. The third-order valence-corrected chi connectivity index (χ3v) is 13.9. The zero-order valence-electron chi connectivity index (χ0n) is 46.7. The highest BCUT2D eigenvalue weighted by Crippen LogP contribution is 2.19. The topological polar surface area (TPSA) is 95.9 Å². The van der Waals surface area contributed by atoms with Crippen LogP contribution in [0.15, 0.2) is 60.8 Å². The second-order valence-corrected chi connectivity index (χ2v) is 20.7. The highest BCUT2D eigenvalue weighted by molar-refractivity contribution is 5.77. The summed E-state index contributed by atoms with van der Waals surface area (Å²) in [4.78, 5) is 26.3. The molecule has 6 nitrogen and oxygen atoms in total. The van der Waals surface area contributed by atoms with Gasteiger partial charge in [0, 0.05) is 6.42 Å². The van der Waals surface area contributed by atoms with E-state index < -0.39 is 18.2 Å². The number of aliphatic hydroxyl groups is 2. The largest absolute Gasteiger partial charge is 0.462 e. The Labute approximate surface area is 435 Å². The predicted octanol–water partition coefficient (Wildman–Crippen LogP) is 19.1. The Morgan fingerprint density at radius 1 is 0.429 bits per heavy atom. The number of amides is 1. The molecule has 70 heavy (non-hydrogen) atoms. The molecule has 0 heterocycles. The molecule has 0 aromatic carbocycles. The number of hydrogen-bond acceptors (Lipinski definition) is 5. The van der Waals surface area contributed by atoms with Gasteiger partial charge in [0.25, 0.3) is 0 Å². The minimum Gasteiger partial charge on any atom is -0.462 e. The van der Waals surface area contributed by atoms with Crippen molar-refractivity contribution in [2.24, 2.45) is 0 Å². The quantitative estimate of drug-likeness (QED) is 0.0321. The van der Waals surface area contributed by atoms with Crippen LogP contribution in [0.25, 0.3) is 0 Å². The molecular weight excluding hydrogens is 863 g/mol. The van der Waals surface area contributed by atoms with Crippen LogP contribution in [0.1, 0.15) is 310 Å². The smallest absolute Gasteiger partial charge is 0.306 e. The molecule has 0 spiro atoms. The predicted molar refractivity (Wildman–Crippen MR) is 305 cm³/mol. The zero-order valence-corrected chi connectivity index (χ0v) is 46.7. The summed E-state index contributed by atoms with van der Waals surface area (Å²) in [5.74, 6) is -0.498. The van der Waals surface area contributed by atoms with Crippen molar-refractivity contribution in [3.05, 3.63) is 60.8 Å². The summed E-state index contributed by atoms with van der Waals surface area (Å²) in [6.45, 7) is 6.41. The van der Waals surface area contributed by atoms with Gasteiger partial charge in [-0.05, 0) is 70.6 Å². The van der Waals surface area contributed by atoms with Crippen molar-refractivity contribution in [3.63, 3.8) is 0 Å². The molecule has 6 heteroatoms. The molecule has 0 saturated heterocycles. The van der Waals surface area contributed by atoms with Gasteiger partial charge in [-0.3, -0.25) is 9.59 Å². The van der Waals surface area contributed by atoms with Gasteiger partial charge in [0.2, 0.25) is 5.91 Å². The summed E-state index contributed by atoms with van der Waals surface area (Å²) in [6.07, 6.45) is 72.9. The average Bonchev–Trinajstić information content (AvgIpc) is 3.35. The molecule has 408 valence electrons. The minimum absolute atomic E-state index is 0.0662. The van der Waals surface area contributed by atoms with Crippen molar-refractivity contribution >= 4 is 11.9 Å². The first-order valence-corrected chi connectivity index (χ1v) is 30.5. The fraction of sp³-hybridized carbons (Fsp3) is 0.812. The third-order valence-electron chi connectivity index (χ3n) is 13.9. The molecule has 0 aliphatic carbocycles. The van der Waals surface area contributed by atoms with Crippen LogP contribution in [0.5, 0.6) is 0 Å². The summed E-state index contributed by atoms with van der Waals surface area (Å²) < 4.78 is 5.96. The van der Waals surface area contributed by atoms with Crippen LogP contribution in [0.2, 0.25) is 0 Å². The number of allylic oxidation sites excluding steroid dienone is 10. The Morgan fingerprint density at radius 3 is 1.16 bits per heavy atom. The maximum atomic E-state index is 13.3. The fourth-order valence-electron chi connectivity index (χ4n) is 9.28. The molecule has 0 radical (unpaired) electrons. The number of carbonyl (C=O) groups is 2. The summed E-state index contributed by atoms with van der Waals surface area (Å²) in [7, 11) is 0. The Balaban J connectivity index is 4.57. The number of carbonyl (C=O) groups excluding carboxylic acids is 2. The number of aliphatic hydroxyl groups excluding tert-OH is 2. The molecule has 0 aromatic heterocycles. The van der Waals surface area contributed by atoms with Crippen molar-refractivity contribution < 1.29 is 24.5 Å². The maximum absolute atomic E-state index is 13.3. The van der Waals surface area contributed by atoms with E-state index in [0.717, 1.165) is 89.9 Å². The SMILES string of the molecule is CC/C=C\C/C=C\C/C=C\C/C=C\C/C=C\CCCCCC(=O)OC(CCCCCCCCCCCCCCCCC)CC(=O)NC(CO)C(O)CCCCCCCCCCCCCCCCCCC. The molecule has 0 bridgehead atoms. The van der Waals surface area contributed by atoms with Crippen LogP contribution in [-0.4, -0.2) is 46.9 Å². The van der Waals surface area contributed by atoms with E-state index in [-0.39, 0.29) is 24.9 Å². The standard InChI is InChI=1S/C64H117NO5/c1-4-7-10-13-16-19-22-25-28-30-31-33-36-39-42-45-48-51-54-57-64(69)70-60(55-52-49-46-43-40-37-34-27-24-21-18-15-12-9-6-3)58-63(68)65-61(59-66)62(67)56-53-50-47-44-41-38-35-32-29-26-23-20-17-14-11-8-5-2/h7,10,16,19,25,28,31,33,39,42,60-62,66-67H,4-6,8-9,11-15,17-18,20-24,26-27,29-30,32,34-38,40-41,43-59H2,1-3H3,(H,65,68)/b10-7-,19-16-,28-25-,33-31-,42-39-. The molecule has 3 unspecified atom stereocenters. The van der Waals surface area contributed by atoms with Gasteiger partial charge < -0.3 is 20.3 Å². The van der Waals surface area contributed by atoms with E-state index in [9.17, 15) is 19.8 Å². The van der Waals surface area contributed by atoms with E-state index in [4.69, 9.17) is 4.74 Å². The van der Waals surface area contributed by atoms with Crippen LogP contribution in [0, 0.1) is 0 Å². The summed E-state index contributed by atoms with van der Waals surface area (Å²) in [5, 5.41) is 24.0. The number of ether oxygens (including phenoxy) is 1. The Bertz CT molecular complexity index is 1240. The van der Waals surface area contributed by atoms with E-state index in [1.54, 1.807) is 0 Å². The average molecular weight is 981 g/mol. The van der Waals surface area contributed by atoms with E-state index in [0.29, 0.717) is 19.3 Å². The van der Waals surface area contributed by atoms with Crippen LogP contribution >= 0.6 is 0 Å². The first-order valence-electron chi connectivity index (χ1n) is 30.5. The second kappa shape index (κ2) is 57.5. The summed E-state index contributed by atoms with van der Waals surface area (Å²) >= 11 is 0. The van der Waals surface area contributed by atoms with E-state index >= 15 is 0 Å². The number of hydrogen-bond donors (Lipinski definition) is 3. The fourth-order valence-corrected chi connectivity index (χ4v) is 9.28. The minimum atomic E-state index is -0.795. The normalized spacial score (nSPS) is 13.5. The monoisotopic (exact) mass is 980 g/mol. The lowest BCUT2D eigenvalue weighted by Gasteiger charge is -2.24. The van der Waals surface area contributed by atoms with Crippen LogP contribution in [0.3, 0.4) is 0 Å². The lowest BCUT2D eigenvalue weighted by Crippen LogP contribution is -2.46. The van der Waals surface area contributed by atoms with Crippen molar-refractivity contribution in [2.75, 3.05) is 6.61 Å². The van der Waals surface area contributed by atoms with Gasteiger partial charge in [0.1, 0.15) is 6.10 Å². The number of esters is 1. The van der Waals surface area contributed by atoms with Crippen LogP contribution in [0.4, 0.5) is 0 Å². The molecule has 0 saturated carbocycles. The first-order chi connectivity index (χ1) is 34.5. The van der Waals surface area contributed by atoms with Crippen molar-refractivity contribution in [2.45, 2.75) is 328 Å². The highest BCUT2D eigenvalue weighted by Gasteiger charge is 2.24. The lowest BCUT2D eigenvalue weighted by atomic mass is 10.0. The zero-order chi connectivity index (χ0) is 50.9. The molecule has 0 aliphatic heterocycles. The van der Waals surface area contributed by atoms with E-state index in [2.05, 4.69) is 86.8 Å². The van der Waals surface area contributed by atoms with E-state index in [1.165, 1.54) is 173 Å². The van der Waals surface area contributed by atoms with Crippen molar-refractivity contribution in [1.82, 2.24) is 5.32 Å². The van der Waals surface area contributed by atoms with E-state index in [1.807, 2.05) is 0 Å². The second-order valence-electron chi connectivity index (χ2n) is 20.7. The van der Waals surface area contributed by atoms with Gasteiger partial charge in [0.15, 0.2) is 0 Å². The van der Waals surface area contributed by atoms with Gasteiger partial charge >= 0.3 is 5.97 Å². The molecule has 0 fully saturated rings. The van der Waals surface area contributed by atoms with Gasteiger partial charge in [-0.2, -0.15) is 0 Å². The van der Waals surface area contributed by atoms with Gasteiger partial charge in [0.05, 0.1) is 25.2 Å². The summed E-state index contributed by atoms with van der Waals surface area (Å²) in [5.41, 5.74) is 0. The molecular formula is C64H117NO5. The number of unbranched alkanes of at least 4 members (excludes halogenated alkanes) is 33. The number of rotatable bonds is 55. The maximum Gasteiger partial charge on any atom is 0.306 e. The van der Waals surface area contributed by atoms with Gasteiger partial charge in [-0.15, -0.1) is 0 Å². The Hall–Kier alpha value is -2.44. The Kier molecular flexibility index (Phi) is 55.5. The van der Waals surface area contributed by atoms with Crippen molar-refractivity contribution in [3.8, 4) is 0 Å². The molecule has 3 atom stereocenters. The third kappa shape index (κ3) is 51.9. The molecule has 0 aromatic rings. The lowest BCUT2D eigenvalue weighted by molar-refractivity contribution is -0.151. The molecule has 0 rings (SSSR count).